The van der Waals surface area contributed by atoms with Crippen molar-refractivity contribution in [3.63, 3.8) is 0 Å². The van der Waals surface area contributed by atoms with E-state index < -0.39 is 0 Å². The summed E-state index contributed by atoms with van der Waals surface area (Å²) < 4.78 is 0. The van der Waals surface area contributed by atoms with E-state index in [4.69, 9.17) is 0 Å². The van der Waals surface area contributed by atoms with E-state index in [1.807, 2.05) is 19.1 Å². The summed E-state index contributed by atoms with van der Waals surface area (Å²) in [5, 5.41) is 9.36. The Balaban J connectivity index is 2.10. The zero-order valence-corrected chi connectivity index (χ0v) is 11.8. The van der Waals surface area contributed by atoms with Crippen molar-refractivity contribution in [1.29, 1.82) is 0 Å². The Labute approximate surface area is 112 Å². The van der Waals surface area contributed by atoms with Gasteiger partial charge in [-0.3, -0.25) is 0 Å². The van der Waals surface area contributed by atoms with Crippen LogP contribution in [0.4, 0.5) is 0 Å². The molecule has 0 saturated heterocycles. The Morgan fingerprint density at radius 3 is 2.94 bits per heavy atom. The van der Waals surface area contributed by atoms with E-state index in [1.165, 1.54) is 50.5 Å². The Hall–Kier alpha value is -0.820. The summed E-state index contributed by atoms with van der Waals surface area (Å²) in [4.78, 5) is 0. The second-order valence-electron chi connectivity index (χ2n) is 5.50. The molecule has 0 radical (unpaired) electrons. The molecular formula is C17H28O. The van der Waals surface area contributed by atoms with Crippen LogP contribution in [-0.4, -0.2) is 11.2 Å². The van der Waals surface area contributed by atoms with E-state index in [9.17, 15) is 5.11 Å². The Morgan fingerprint density at radius 1 is 1.50 bits per heavy atom. The summed E-state index contributed by atoms with van der Waals surface area (Å²) in [7, 11) is 0. The van der Waals surface area contributed by atoms with Gasteiger partial charge in [-0.05, 0) is 51.4 Å². The summed E-state index contributed by atoms with van der Waals surface area (Å²) >= 11 is 0. The molecule has 2 atom stereocenters. The number of hydrogen-bond donors (Lipinski definition) is 1. The highest BCUT2D eigenvalue weighted by Crippen LogP contribution is 2.29. The van der Waals surface area contributed by atoms with Crippen molar-refractivity contribution in [2.45, 2.75) is 64.4 Å². The highest BCUT2D eigenvalue weighted by Gasteiger charge is 2.14. The zero-order valence-electron chi connectivity index (χ0n) is 11.8. The topological polar surface area (TPSA) is 20.2 Å². The molecule has 1 aliphatic carbocycles. The first-order chi connectivity index (χ1) is 8.72. The predicted molar refractivity (Wildman–Crippen MR) is 79.5 cm³/mol. The number of unbranched alkanes of at least 4 members (excludes halogenated alkanes) is 2. The fraction of sp³-hybridized carbons (Fsp3) is 0.647. The van der Waals surface area contributed by atoms with Gasteiger partial charge in [0, 0.05) is 0 Å². The molecule has 0 aromatic carbocycles. The summed E-state index contributed by atoms with van der Waals surface area (Å²) in [5.74, 6) is 0.881. The van der Waals surface area contributed by atoms with Crippen LogP contribution in [0, 0.1) is 5.92 Å². The lowest BCUT2D eigenvalue weighted by molar-refractivity contribution is 0.192. The Morgan fingerprint density at radius 2 is 2.33 bits per heavy atom. The number of hydrogen-bond acceptors (Lipinski definition) is 1. The number of aliphatic hydroxyl groups is 1. The molecule has 0 bridgehead atoms. The van der Waals surface area contributed by atoms with Gasteiger partial charge >= 0.3 is 0 Å². The highest BCUT2D eigenvalue weighted by atomic mass is 16.3. The molecule has 1 N–H and O–H groups in total. The molecule has 1 heteroatoms. The third-order valence-corrected chi connectivity index (χ3v) is 3.68. The van der Waals surface area contributed by atoms with Crippen molar-refractivity contribution in [3.05, 3.63) is 36.5 Å². The first-order valence-electron chi connectivity index (χ1n) is 7.36. The van der Waals surface area contributed by atoms with Crippen molar-refractivity contribution >= 4 is 0 Å². The molecule has 0 heterocycles. The van der Waals surface area contributed by atoms with Crippen molar-refractivity contribution in [3.8, 4) is 0 Å². The fourth-order valence-electron chi connectivity index (χ4n) is 2.66. The Kier molecular flexibility index (Phi) is 7.75. The van der Waals surface area contributed by atoms with Crippen molar-refractivity contribution in [1.82, 2.24) is 0 Å². The van der Waals surface area contributed by atoms with Gasteiger partial charge in [0.25, 0.3) is 0 Å². The number of allylic oxidation sites excluding steroid dienone is 4. The van der Waals surface area contributed by atoms with Gasteiger partial charge in [0.1, 0.15) is 0 Å². The lowest BCUT2D eigenvalue weighted by atomic mass is 9.84. The quantitative estimate of drug-likeness (QED) is 0.372. The standard InChI is InChI=1S/C17H28O/c1-3-4-5-6-7-8-9-16-10-12-17(13-11-16)14-15(2)18/h3-5,12,15-16,18H,1,6-11,13-14H2,2H3/b5-4-/t15?,16-/m0/s1. The summed E-state index contributed by atoms with van der Waals surface area (Å²) in [6.45, 7) is 5.55. The van der Waals surface area contributed by atoms with Crippen LogP contribution in [0.3, 0.4) is 0 Å². The molecule has 1 aliphatic rings. The maximum atomic E-state index is 9.36. The van der Waals surface area contributed by atoms with Gasteiger partial charge in [0.15, 0.2) is 0 Å². The van der Waals surface area contributed by atoms with Gasteiger partial charge in [-0.1, -0.05) is 49.3 Å². The van der Waals surface area contributed by atoms with Crippen LogP contribution >= 0.6 is 0 Å². The van der Waals surface area contributed by atoms with Crippen LogP contribution in [0.2, 0.25) is 0 Å². The molecule has 1 nitrogen and oxygen atoms in total. The second kappa shape index (κ2) is 9.16. The molecule has 0 spiro atoms. The molecule has 102 valence electrons. The number of rotatable bonds is 8. The minimum absolute atomic E-state index is 0.176. The minimum Gasteiger partial charge on any atom is -0.393 e. The monoisotopic (exact) mass is 248 g/mol. The molecular weight excluding hydrogens is 220 g/mol. The van der Waals surface area contributed by atoms with E-state index >= 15 is 0 Å². The number of aliphatic hydroxyl groups excluding tert-OH is 1. The van der Waals surface area contributed by atoms with Crippen LogP contribution in [0.5, 0.6) is 0 Å². The average molecular weight is 248 g/mol. The lowest BCUT2D eigenvalue weighted by Gasteiger charge is -2.22. The highest BCUT2D eigenvalue weighted by molar-refractivity contribution is 5.07. The third-order valence-electron chi connectivity index (χ3n) is 3.68. The average Bonchev–Trinajstić information content (AvgIpc) is 2.35. The third kappa shape index (κ3) is 6.80. The van der Waals surface area contributed by atoms with Gasteiger partial charge in [0.05, 0.1) is 6.10 Å². The van der Waals surface area contributed by atoms with Crippen LogP contribution in [-0.2, 0) is 0 Å². The van der Waals surface area contributed by atoms with Gasteiger partial charge < -0.3 is 5.11 Å². The van der Waals surface area contributed by atoms with Gasteiger partial charge in [-0.25, -0.2) is 0 Å². The van der Waals surface area contributed by atoms with Crippen LogP contribution < -0.4 is 0 Å². The van der Waals surface area contributed by atoms with Gasteiger partial charge in [-0.15, -0.1) is 0 Å². The molecule has 1 rings (SSSR count). The van der Waals surface area contributed by atoms with Crippen molar-refractivity contribution in [2.24, 2.45) is 5.92 Å². The molecule has 0 amide bonds. The van der Waals surface area contributed by atoms with Gasteiger partial charge in [0.2, 0.25) is 0 Å². The molecule has 0 aromatic heterocycles. The molecule has 18 heavy (non-hydrogen) atoms. The normalized spacial score (nSPS) is 21.9. The Bertz CT molecular complexity index is 286. The molecule has 0 saturated carbocycles. The molecule has 0 aromatic rings. The van der Waals surface area contributed by atoms with Crippen LogP contribution in [0.15, 0.2) is 36.5 Å². The predicted octanol–water partition coefficient (Wildman–Crippen LogP) is 4.79. The fourth-order valence-corrected chi connectivity index (χ4v) is 2.66. The molecule has 0 aliphatic heterocycles. The van der Waals surface area contributed by atoms with E-state index in [0.717, 1.165) is 12.3 Å². The van der Waals surface area contributed by atoms with Crippen molar-refractivity contribution in [2.75, 3.05) is 0 Å². The maximum Gasteiger partial charge on any atom is 0.0549 e. The van der Waals surface area contributed by atoms with E-state index in [0.29, 0.717) is 0 Å². The first-order valence-corrected chi connectivity index (χ1v) is 7.36. The summed E-state index contributed by atoms with van der Waals surface area (Å²) in [6.07, 6.45) is 18.1. The van der Waals surface area contributed by atoms with E-state index in [-0.39, 0.29) is 6.10 Å². The van der Waals surface area contributed by atoms with Gasteiger partial charge in [-0.2, -0.15) is 0 Å². The van der Waals surface area contributed by atoms with Crippen LogP contribution in [0.25, 0.3) is 0 Å². The molecule has 0 fully saturated rings. The maximum absolute atomic E-state index is 9.36. The molecule has 1 unspecified atom stereocenters. The second-order valence-corrected chi connectivity index (χ2v) is 5.50. The zero-order chi connectivity index (χ0) is 13.2. The largest absolute Gasteiger partial charge is 0.393 e. The lowest BCUT2D eigenvalue weighted by Crippen LogP contribution is -2.09. The first kappa shape index (κ1) is 15.2. The van der Waals surface area contributed by atoms with Crippen molar-refractivity contribution < 1.29 is 5.11 Å². The SMILES string of the molecule is C=C/C=C\CCCC[C@H]1CC=C(CC(C)O)CC1. The van der Waals surface area contributed by atoms with E-state index in [1.54, 1.807) is 0 Å². The van der Waals surface area contributed by atoms with E-state index in [2.05, 4.69) is 18.7 Å². The minimum atomic E-state index is -0.176. The van der Waals surface area contributed by atoms with Crippen LogP contribution in [0.1, 0.15) is 58.3 Å². The summed E-state index contributed by atoms with van der Waals surface area (Å²) in [6, 6.07) is 0. The summed E-state index contributed by atoms with van der Waals surface area (Å²) in [5.41, 5.74) is 1.47. The smallest absolute Gasteiger partial charge is 0.0549 e.